The molecule has 0 saturated heterocycles. The van der Waals surface area contributed by atoms with Gasteiger partial charge in [0.15, 0.2) is 0 Å². The Hall–Kier alpha value is -1.29. The van der Waals surface area contributed by atoms with Gasteiger partial charge in [-0.25, -0.2) is 0 Å². The van der Waals surface area contributed by atoms with Crippen LogP contribution >= 0.6 is 11.6 Å². The molecule has 0 fully saturated rings. The molecule has 92 valence electrons. The number of hydrogen-bond donors (Lipinski definition) is 2. The Morgan fingerprint density at radius 2 is 2.35 bits per heavy atom. The van der Waals surface area contributed by atoms with Crippen LogP contribution < -0.4 is 10.9 Å². The molecule has 1 aromatic heterocycles. The summed E-state index contributed by atoms with van der Waals surface area (Å²) in [5, 5.41) is 2.06. The van der Waals surface area contributed by atoms with E-state index in [1.165, 1.54) is 5.56 Å². The monoisotopic (exact) mass is 254 g/mol. The smallest absolute Gasteiger partial charge is 0.253 e. The molecule has 0 aromatic carbocycles. The van der Waals surface area contributed by atoms with Crippen LogP contribution in [0.1, 0.15) is 30.2 Å². The number of rotatable bonds is 3. The number of alkyl halides is 1. The quantitative estimate of drug-likeness (QED) is 0.794. The van der Waals surface area contributed by atoms with Gasteiger partial charge in [0.2, 0.25) is 5.91 Å². The van der Waals surface area contributed by atoms with E-state index in [4.69, 9.17) is 11.6 Å². The Bertz CT molecular complexity index is 494. The molecule has 17 heavy (non-hydrogen) atoms. The zero-order chi connectivity index (χ0) is 12.4. The molecular weight excluding hydrogens is 240 g/mol. The van der Waals surface area contributed by atoms with Gasteiger partial charge in [0, 0.05) is 17.8 Å². The molecule has 1 amide bonds. The molecule has 5 heteroatoms. The second kappa shape index (κ2) is 4.92. The van der Waals surface area contributed by atoms with E-state index in [9.17, 15) is 9.59 Å². The minimum absolute atomic E-state index is 0.117. The SMILES string of the molecule is CC(Cl)C(=O)NCc1cc2c([nH]c1=O)CCC2. The van der Waals surface area contributed by atoms with E-state index in [0.717, 1.165) is 25.0 Å². The zero-order valence-corrected chi connectivity index (χ0v) is 10.4. The maximum atomic E-state index is 11.7. The fourth-order valence-corrected chi connectivity index (χ4v) is 2.09. The van der Waals surface area contributed by atoms with Crippen molar-refractivity contribution in [3.8, 4) is 0 Å². The van der Waals surface area contributed by atoms with Gasteiger partial charge in [-0.3, -0.25) is 9.59 Å². The normalized spacial score (nSPS) is 15.4. The lowest BCUT2D eigenvalue weighted by atomic mass is 10.1. The van der Waals surface area contributed by atoms with Crippen molar-refractivity contribution >= 4 is 17.5 Å². The molecule has 1 atom stereocenters. The van der Waals surface area contributed by atoms with Crippen LogP contribution in [0.4, 0.5) is 0 Å². The maximum absolute atomic E-state index is 11.7. The van der Waals surface area contributed by atoms with Crippen molar-refractivity contribution in [2.24, 2.45) is 0 Å². The van der Waals surface area contributed by atoms with Gasteiger partial charge in [-0.2, -0.15) is 0 Å². The molecule has 2 N–H and O–H groups in total. The minimum atomic E-state index is -0.580. The van der Waals surface area contributed by atoms with Crippen LogP contribution in [0.25, 0.3) is 0 Å². The highest BCUT2D eigenvalue weighted by Gasteiger charge is 2.15. The average Bonchev–Trinajstić information content (AvgIpc) is 2.72. The third kappa shape index (κ3) is 2.69. The summed E-state index contributed by atoms with van der Waals surface area (Å²) >= 11 is 5.63. The lowest BCUT2D eigenvalue weighted by Gasteiger charge is -2.07. The van der Waals surface area contributed by atoms with Crippen LogP contribution in [0.2, 0.25) is 0 Å². The largest absolute Gasteiger partial charge is 0.351 e. The number of carbonyl (C=O) groups is 1. The molecule has 0 aliphatic heterocycles. The average molecular weight is 255 g/mol. The summed E-state index contributed by atoms with van der Waals surface area (Å²) in [4.78, 5) is 25.9. The fourth-order valence-electron chi connectivity index (χ4n) is 2.02. The number of H-pyrrole nitrogens is 1. The second-order valence-electron chi connectivity index (χ2n) is 4.31. The van der Waals surface area contributed by atoms with Crippen LogP contribution in [-0.2, 0) is 24.2 Å². The van der Waals surface area contributed by atoms with E-state index in [1.807, 2.05) is 6.07 Å². The first-order valence-corrected chi connectivity index (χ1v) is 6.17. The first kappa shape index (κ1) is 12.2. The van der Waals surface area contributed by atoms with Crippen LogP contribution in [0.15, 0.2) is 10.9 Å². The number of fused-ring (bicyclic) bond motifs is 1. The number of nitrogens with one attached hydrogen (secondary N) is 2. The molecule has 1 heterocycles. The first-order chi connectivity index (χ1) is 8.08. The summed E-state index contributed by atoms with van der Waals surface area (Å²) in [7, 11) is 0. The summed E-state index contributed by atoms with van der Waals surface area (Å²) in [5.74, 6) is -0.258. The van der Waals surface area contributed by atoms with E-state index >= 15 is 0 Å². The van der Waals surface area contributed by atoms with Gasteiger partial charge >= 0.3 is 0 Å². The van der Waals surface area contributed by atoms with Crippen molar-refractivity contribution in [1.29, 1.82) is 0 Å². The molecule has 0 saturated carbocycles. The van der Waals surface area contributed by atoms with E-state index < -0.39 is 5.38 Å². The number of halogens is 1. The van der Waals surface area contributed by atoms with Crippen LogP contribution in [-0.4, -0.2) is 16.3 Å². The molecule has 1 aromatic rings. The summed E-state index contributed by atoms with van der Waals surface area (Å²) in [6.45, 7) is 1.84. The van der Waals surface area contributed by atoms with E-state index in [0.29, 0.717) is 5.56 Å². The summed E-state index contributed by atoms with van der Waals surface area (Å²) < 4.78 is 0. The molecule has 1 aliphatic rings. The Morgan fingerprint density at radius 1 is 1.59 bits per heavy atom. The summed E-state index contributed by atoms with van der Waals surface area (Å²) in [6, 6.07) is 1.89. The standard InChI is InChI=1S/C12H15ClN2O2/c1-7(13)11(16)14-6-9-5-8-3-2-4-10(8)15-12(9)17/h5,7H,2-4,6H2,1H3,(H,14,16)(H,15,17). The molecule has 0 bridgehead atoms. The highest BCUT2D eigenvalue weighted by molar-refractivity contribution is 6.30. The summed E-state index contributed by atoms with van der Waals surface area (Å²) in [6.07, 6.45) is 3.02. The third-order valence-corrected chi connectivity index (χ3v) is 3.18. The topological polar surface area (TPSA) is 62.0 Å². The Labute approximate surface area is 104 Å². The van der Waals surface area contributed by atoms with Gasteiger partial charge in [0.25, 0.3) is 5.56 Å². The molecule has 1 unspecified atom stereocenters. The van der Waals surface area contributed by atoms with Gasteiger partial charge < -0.3 is 10.3 Å². The number of hydrogen-bond acceptors (Lipinski definition) is 2. The number of carbonyl (C=O) groups excluding carboxylic acids is 1. The molecule has 4 nitrogen and oxygen atoms in total. The van der Waals surface area contributed by atoms with E-state index in [1.54, 1.807) is 6.92 Å². The Kier molecular flexibility index (Phi) is 3.52. The van der Waals surface area contributed by atoms with Crippen molar-refractivity contribution in [1.82, 2.24) is 10.3 Å². The molecule has 0 spiro atoms. The maximum Gasteiger partial charge on any atom is 0.253 e. The van der Waals surface area contributed by atoms with Crippen LogP contribution in [0, 0.1) is 0 Å². The minimum Gasteiger partial charge on any atom is -0.351 e. The van der Waals surface area contributed by atoms with Gasteiger partial charge in [-0.1, -0.05) is 0 Å². The zero-order valence-electron chi connectivity index (χ0n) is 9.68. The Morgan fingerprint density at radius 3 is 3.06 bits per heavy atom. The first-order valence-electron chi connectivity index (χ1n) is 5.73. The predicted molar refractivity (Wildman–Crippen MR) is 66.2 cm³/mol. The van der Waals surface area contributed by atoms with Crippen molar-refractivity contribution in [3.05, 3.63) is 33.2 Å². The second-order valence-corrected chi connectivity index (χ2v) is 4.97. The van der Waals surface area contributed by atoms with Gasteiger partial charge in [0.05, 0.1) is 0 Å². The van der Waals surface area contributed by atoms with Crippen molar-refractivity contribution in [2.45, 2.75) is 38.1 Å². The predicted octanol–water partition coefficient (Wildman–Crippen LogP) is 1.11. The number of amides is 1. The van der Waals surface area contributed by atoms with Gasteiger partial charge in [-0.05, 0) is 37.8 Å². The third-order valence-electron chi connectivity index (χ3n) is 2.98. The van der Waals surface area contributed by atoms with Crippen molar-refractivity contribution in [2.75, 3.05) is 0 Å². The Balaban J connectivity index is 2.12. The van der Waals surface area contributed by atoms with E-state index in [-0.39, 0.29) is 18.0 Å². The fraction of sp³-hybridized carbons (Fsp3) is 0.500. The van der Waals surface area contributed by atoms with Gasteiger partial charge in [0.1, 0.15) is 5.38 Å². The van der Waals surface area contributed by atoms with Gasteiger partial charge in [-0.15, -0.1) is 11.6 Å². The number of aromatic nitrogens is 1. The van der Waals surface area contributed by atoms with Crippen molar-refractivity contribution in [3.63, 3.8) is 0 Å². The molecule has 1 aliphatic carbocycles. The highest BCUT2D eigenvalue weighted by Crippen LogP contribution is 2.18. The van der Waals surface area contributed by atoms with E-state index in [2.05, 4.69) is 10.3 Å². The molecule has 2 rings (SSSR count). The molecular formula is C12H15ClN2O2. The number of aromatic amines is 1. The lowest BCUT2D eigenvalue weighted by Crippen LogP contribution is -2.31. The van der Waals surface area contributed by atoms with Crippen LogP contribution in [0.5, 0.6) is 0 Å². The highest BCUT2D eigenvalue weighted by atomic mass is 35.5. The number of pyridine rings is 1. The lowest BCUT2D eigenvalue weighted by molar-refractivity contribution is -0.120. The van der Waals surface area contributed by atoms with Crippen molar-refractivity contribution < 1.29 is 4.79 Å². The summed E-state index contributed by atoms with van der Waals surface area (Å²) in [5.41, 5.74) is 2.70. The number of aryl methyl sites for hydroxylation is 2. The van der Waals surface area contributed by atoms with Crippen LogP contribution in [0.3, 0.4) is 0 Å². The molecule has 0 radical (unpaired) electrons.